The predicted molar refractivity (Wildman–Crippen MR) is 253 cm³/mol. The summed E-state index contributed by atoms with van der Waals surface area (Å²) in [4.78, 5) is 72.0. The maximum Gasteiger partial charge on any atom is 0.329 e. The van der Waals surface area contributed by atoms with Gasteiger partial charge in [-0.05, 0) is 123 Å². The van der Waals surface area contributed by atoms with Crippen molar-refractivity contribution >= 4 is 29.2 Å². The van der Waals surface area contributed by atoms with Crippen LogP contribution in [0.4, 0.5) is 0 Å². The fraction of sp³-hybridized carbons (Fsp3) is 0.731. The number of aromatic nitrogens is 4. The lowest BCUT2D eigenvalue weighted by Gasteiger charge is -2.42. The van der Waals surface area contributed by atoms with Gasteiger partial charge in [-0.15, -0.1) is 5.10 Å². The van der Waals surface area contributed by atoms with Gasteiger partial charge in [-0.1, -0.05) is 84.9 Å². The minimum absolute atomic E-state index is 0.0583. The number of esters is 1. The summed E-state index contributed by atoms with van der Waals surface area (Å²) >= 11 is 0. The molecule has 4 aliphatic rings. The van der Waals surface area contributed by atoms with Crippen molar-refractivity contribution in [2.45, 2.75) is 182 Å². The normalized spacial score (nSPS) is 39.6. The van der Waals surface area contributed by atoms with Gasteiger partial charge in [-0.2, -0.15) is 0 Å². The average Bonchev–Trinajstić information content (AvgIpc) is 3.84. The lowest BCUT2D eigenvalue weighted by Crippen LogP contribution is -2.61. The molecule has 5 rings (SSSR count). The molecule has 3 fully saturated rings. The molecule has 372 valence electrons. The first-order valence-electron chi connectivity index (χ1n) is 24.9. The molecule has 15 heteroatoms. The maximum absolute atomic E-state index is 14.5. The van der Waals surface area contributed by atoms with Crippen LogP contribution in [0.25, 0.3) is 0 Å². The van der Waals surface area contributed by atoms with E-state index in [4.69, 9.17) is 14.2 Å². The Balaban J connectivity index is 1.44. The average molecular weight is 934 g/mol. The molecule has 2 saturated heterocycles. The molecule has 1 aromatic rings. The molecule has 15 atom stereocenters. The quantitative estimate of drug-likeness (QED) is 0.170. The monoisotopic (exact) mass is 934 g/mol. The Bertz CT molecular complexity index is 1980. The molecule has 1 aromatic heterocycles. The van der Waals surface area contributed by atoms with E-state index < -0.39 is 71.7 Å². The zero-order valence-corrected chi connectivity index (χ0v) is 41.7. The SMILES string of the molecule is COC1CC2CC[C@@H](C)[C@@](O)(O2)C(=O)C(=O)N2CCCC[C@H]2C(=O)OC(C(C)C[C@@H]2CC[C@H](n3cnnn3)[C@H](C)C2)CC(=O)C(C)/C=C(\C)[C@@H](O)C(C)C(=O)[C@H](C)CC(C)/C=C/C=C/C=C/1C. The van der Waals surface area contributed by atoms with E-state index in [0.29, 0.717) is 50.5 Å². The molecule has 0 radical (unpaired) electrons. The number of amides is 1. The van der Waals surface area contributed by atoms with E-state index in [0.717, 1.165) is 24.8 Å². The Morgan fingerprint density at radius 1 is 0.910 bits per heavy atom. The number of piperidine rings is 1. The second kappa shape index (κ2) is 24.4. The van der Waals surface area contributed by atoms with Crippen LogP contribution in [0.2, 0.25) is 0 Å². The highest BCUT2D eigenvalue weighted by molar-refractivity contribution is 6.39. The molecule has 4 heterocycles. The number of allylic oxidation sites excluding steroid dienone is 6. The fourth-order valence-electron chi connectivity index (χ4n) is 11.0. The summed E-state index contributed by atoms with van der Waals surface area (Å²) in [7, 11) is 1.59. The molecule has 1 aliphatic carbocycles. The summed E-state index contributed by atoms with van der Waals surface area (Å²) in [6.45, 7) is 17.0. The summed E-state index contributed by atoms with van der Waals surface area (Å²) in [5.41, 5.74) is 1.41. The lowest BCUT2D eigenvalue weighted by atomic mass is 9.74. The third-order valence-corrected chi connectivity index (χ3v) is 15.3. The minimum Gasteiger partial charge on any atom is -0.460 e. The standard InChI is InChI=1S/C52H79N5O10/c1-31-16-12-11-13-17-32(2)45(65-10)28-41-21-19-38(8)52(64,67-41)49(61)50(62)56-23-15-14-18-43(56)51(63)66-46(35(5)27-40-20-22-42(33(3)26-40)57-30-53-54-55-57)29-44(58)34(4)25-37(7)48(60)39(9)47(59)36(6)24-31/h11-13,16-17,25,30-31,33-36,38-43,45-46,48,60,64H,14-15,18-24,26-29H2,1-10H3/b13-11+,16-12+,32-17+,37-25+/t31?,33-,34?,35?,36-,38-,39?,40-,41?,42+,43+,45?,46?,48-,52-/m1/s1. The largest absolute Gasteiger partial charge is 0.460 e. The Morgan fingerprint density at radius 3 is 2.34 bits per heavy atom. The number of hydrogen-bond acceptors (Lipinski definition) is 13. The van der Waals surface area contributed by atoms with Crippen LogP contribution >= 0.6 is 0 Å². The summed E-state index contributed by atoms with van der Waals surface area (Å²) < 4.78 is 20.2. The number of carbonyl (C=O) groups is 5. The molecule has 7 unspecified atom stereocenters. The number of aliphatic hydroxyl groups excluding tert-OH is 1. The first-order chi connectivity index (χ1) is 31.7. The van der Waals surface area contributed by atoms with E-state index in [9.17, 15) is 34.2 Å². The van der Waals surface area contributed by atoms with E-state index >= 15 is 0 Å². The van der Waals surface area contributed by atoms with Crippen LogP contribution < -0.4 is 0 Å². The van der Waals surface area contributed by atoms with Gasteiger partial charge in [-0.3, -0.25) is 19.2 Å². The van der Waals surface area contributed by atoms with Crippen molar-refractivity contribution in [3.05, 3.63) is 53.9 Å². The third kappa shape index (κ3) is 13.8. The zero-order chi connectivity index (χ0) is 49.2. The van der Waals surface area contributed by atoms with Gasteiger partial charge in [0.05, 0.1) is 24.4 Å². The molecule has 0 spiro atoms. The number of hydrogen-bond donors (Lipinski definition) is 2. The second-order valence-electron chi connectivity index (χ2n) is 20.7. The van der Waals surface area contributed by atoms with Crippen molar-refractivity contribution in [2.24, 2.45) is 47.3 Å². The number of methoxy groups -OCH3 is 1. The minimum atomic E-state index is -2.41. The summed E-state index contributed by atoms with van der Waals surface area (Å²) in [6.07, 6.45) is 16.6. The Kier molecular flexibility index (Phi) is 19.6. The highest BCUT2D eigenvalue weighted by Crippen LogP contribution is 2.41. The van der Waals surface area contributed by atoms with Crippen molar-refractivity contribution < 1.29 is 48.4 Å². The molecule has 67 heavy (non-hydrogen) atoms. The second-order valence-corrected chi connectivity index (χ2v) is 20.7. The van der Waals surface area contributed by atoms with E-state index in [1.54, 1.807) is 47.2 Å². The van der Waals surface area contributed by atoms with Crippen molar-refractivity contribution in [2.75, 3.05) is 13.7 Å². The number of cyclic esters (lactones) is 1. The van der Waals surface area contributed by atoms with Gasteiger partial charge in [0.2, 0.25) is 5.79 Å². The van der Waals surface area contributed by atoms with Crippen LogP contribution in [0.1, 0.15) is 145 Å². The Hall–Kier alpha value is -4.18. The number of Topliss-reactive ketones (excluding diaryl/α,β-unsaturated/α-hetero) is 3. The molecule has 2 bridgehead atoms. The van der Waals surface area contributed by atoms with Gasteiger partial charge in [0, 0.05) is 50.2 Å². The summed E-state index contributed by atoms with van der Waals surface area (Å²) in [6, 6.07) is -0.942. The van der Waals surface area contributed by atoms with Crippen molar-refractivity contribution in [3.63, 3.8) is 0 Å². The van der Waals surface area contributed by atoms with Crippen LogP contribution in [-0.4, -0.2) is 114 Å². The topological polar surface area (TPSA) is 200 Å². The van der Waals surface area contributed by atoms with Crippen molar-refractivity contribution in [1.82, 2.24) is 25.1 Å². The molecule has 15 nitrogen and oxygen atoms in total. The molecular weight excluding hydrogens is 855 g/mol. The number of tetrazole rings is 1. The molecule has 0 aromatic carbocycles. The van der Waals surface area contributed by atoms with E-state index in [1.807, 2.05) is 62.8 Å². The van der Waals surface area contributed by atoms with E-state index in [1.165, 1.54) is 4.90 Å². The Morgan fingerprint density at radius 2 is 1.66 bits per heavy atom. The first kappa shape index (κ1) is 53.8. The number of nitrogens with zero attached hydrogens (tertiary/aromatic N) is 5. The predicted octanol–water partition coefficient (Wildman–Crippen LogP) is 7.29. The highest BCUT2D eigenvalue weighted by atomic mass is 16.6. The number of rotatable bonds is 5. The number of aliphatic hydroxyl groups is 2. The smallest absolute Gasteiger partial charge is 0.329 e. The van der Waals surface area contributed by atoms with Gasteiger partial charge in [0.1, 0.15) is 30.0 Å². The zero-order valence-electron chi connectivity index (χ0n) is 41.7. The maximum atomic E-state index is 14.5. The number of carbonyl (C=O) groups excluding carboxylic acids is 5. The lowest BCUT2D eigenvalue weighted by molar-refractivity contribution is -0.265. The van der Waals surface area contributed by atoms with Crippen LogP contribution in [-0.2, 0) is 38.2 Å². The molecule has 1 saturated carbocycles. The molecular formula is C52H79N5O10. The summed E-state index contributed by atoms with van der Waals surface area (Å²) in [5.74, 6) is -7.49. The van der Waals surface area contributed by atoms with Crippen LogP contribution in [0, 0.1) is 47.3 Å². The van der Waals surface area contributed by atoms with Crippen molar-refractivity contribution in [1.29, 1.82) is 0 Å². The fourth-order valence-corrected chi connectivity index (χ4v) is 11.0. The van der Waals surface area contributed by atoms with E-state index in [-0.39, 0.29) is 66.6 Å². The van der Waals surface area contributed by atoms with Gasteiger partial charge >= 0.3 is 5.97 Å². The Labute approximate surface area is 398 Å². The summed E-state index contributed by atoms with van der Waals surface area (Å²) in [5, 5.41) is 35.2. The highest BCUT2D eigenvalue weighted by Gasteiger charge is 2.53. The molecule has 2 N–H and O–H groups in total. The van der Waals surface area contributed by atoms with Gasteiger partial charge in [0.15, 0.2) is 0 Å². The van der Waals surface area contributed by atoms with Gasteiger partial charge in [-0.25, -0.2) is 9.48 Å². The van der Waals surface area contributed by atoms with Crippen LogP contribution in [0.15, 0.2) is 53.9 Å². The number of ketones is 3. The third-order valence-electron chi connectivity index (χ3n) is 15.3. The van der Waals surface area contributed by atoms with Gasteiger partial charge in [0.25, 0.3) is 11.7 Å². The van der Waals surface area contributed by atoms with Crippen molar-refractivity contribution in [3.8, 4) is 0 Å². The van der Waals surface area contributed by atoms with Gasteiger partial charge < -0.3 is 29.3 Å². The number of ether oxygens (including phenoxy) is 3. The molecule has 3 aliphatic heterocycles. The van der Waals surface area contributed by atoms with Crippen LogP contribution in [0.3, 0.4) is 0 Å². The number of fused-ring (bicyclic) bond motifs is 3. The first-order valence-corrected chi connectivity index (χ1v) is 24.9. The van der Waals surface area contributed by atoms with E-state index in [2.05, 4.69) is 22.4 Å². The molecule has 1 amide bonds. The van der Waals surface area contributed by atoms with Crippen LogP contribution in [0.5, 0.6) is 0 Å².